The van der Waals surface area contributed by atoms with Crippen molar-refractivity contribution in [1.82, 2.24) is 10.2 Å². The van der Waals surface area contributed by atoms with E-state index in [-0.39, 0.29) is 18.4 Å². The molecule has 1 amide bonds. The van der Waals surface area contributed by atoms with Crippen molar-refractivity contribution in [3.63, 3.8) is 0 Å². The summed E-state index contributed by atoms with van der Waals surface area (Å²) in [6.07, 6.45) is 0. The van der Waals surface area contributed by atoms with E-state index < -0.39 is 11.4 Å². The molecule has 2 rings (SSSR count). The number of nitrogens with zero attached hydrogens (tertiary/aromatic N) is 2. The Labute approximate surface area is 144 Å². The lowest BCUT2D eigenvalue weighted by atomic mass is 9.96. The number of hydrogen-bond donors (Lipinski definition) is 1. The first-order chi connectivity index (χ1) is 11.1. The molecule has 0 atom stereocenters. The molecule has 2 aromatic heterocycles. The summed E-state index contributed by atoms with van der Waals surface area (Å²) in [5.41, 5.74) is 0.594. The largest absolute Gasteiger partial charge is 0.452 e. The minimum atomic E-state index is -0.561. The number of anilines is 1. The fourth-order valence-electron chi connectivity index (χ4n) is 1.85. The van der Waals surface area contributed by atoms with Crippen LogP contribution in [0.5, 0.6) is 0 Å². The second-order valence-electron chi connectivity index (χ2n) is 6.48. The number of nitrogens with one attached hydrogen (secondary N) is 1. The Morgan fingerprint density at radius 3 is 2.42 bits per heavy atom. The summed E-state index contributed by atoms with van der Waals surface area (Å²) in [5, 5.41) is 10.8. The maximum absolute atomic E-state index is 12.5. The van der Waals surface area contributed by atoms with E-state index in [0.29, 0.717) is 16.5 Å². The van der Waals surface area contributed by atoms with Gasteiger partial charge >= 0.3 is 5.97 Å². The van der Waals surface area contributed by atoms with Gasteiger partial charge in [-0.15, -0.1) is 21.5 Å². The lowest BCUT2D eigenvalue weighted by molar-refractivity contribution is -0.123. The van der Waals surface area contributed by atoms with Crippen LogP contribution in [0.2, 0.25) is 0 Å². The lowest BCUT2D eigenvalue weighted by Crippen LogP contribution is -2.28. The number of aromatic nitrogens is 2. The van der Waals surface area contributed by atoms with Gasteiger partial charge in [-0.05, 0) is 19.4 Å². The minimum absolute atomic E-state index is 0.110. The minimum Gasteiger partial charge on any atom is -0.452 e. The summed E-state index contributed by atoms with van der Waals surface area (Å²) in [6.45, 7) is 10.7. The number of rotatable bonds is 4. The number of carbonyl (C=O) groups excluding carboxylic acids is 2. The number of thiophene rings is 1. The molecule has 0 spiro atoms. The van der Waals surface area contributed by atoms with Crippen LogP contribution >= 0.6 is 11.3 Å². The van der Waals surface area contributed by atoms with Gasteiger partial charge in [0.25, 0.3) is 5.89 Å². The molecule has 24 heavy (non-hydrogen) atoms. The lowest BCUT2D eigenvalue weighted by Gasteiger charge is -2.17. The molecule has 0 saturated heterocycles. The molecular weight excluding hydrogens is 330 g/mol. The van der Waals surface area contributed by atoms with Gasteiger partial charge in [0.15, 0.2) is 6.61 Å². The first-order valence-corrected chi connectivity index (χ1v) is 8.28. The maximum Gasteiger partial charge on any atom is 0.341 e. The van der Waals surface area contributed by atoms with Crippen LogP contribution in [0.1, 0.15) is 53.4 Å². The highest BCUT2D eigenvalue weighted by Gasteiger charge is 2.27. The summed E-state index contributed by atoms with van der Waals surface area (Å²) in [4.78, 5) is 25.6. The fraction of sp³-hybridized carbons (Fsp3) is 0.500. The van der Waals surface area contributed by atoms with Gasteiger partial charge in [0.05, 0.1) is 5.56 Å². The van der Waals surface area contributed by atoms with E-state index in [4.69, 9.17) is 9.15 Å². The molecule has 130 valence electrons. The number of hydrogen-bond acceptors (Lipinski definition) is 7. The third-order valence-corrected chi connectivity index (χ3v) is 4.51. The van der Waals surface area contributed by atoms with Crippen LogP contribution in [0.4, 0.5) is 5.00 Å². The second kappa shape index (κ2) is 6.72. The Bertz CT molecular complexity index is 771. The van der Waals surface area contributed by atoms with Crippen molar-refractivity contribution in [2.45, 2.75) is 48.1 Å². The van der Waals surface area contributed by atoms with E-state index in [2.05, 4.69) is 15.5 Å². The normalized spacial score (nSPS) is 11.4. The molecule has 0 unspecified atom stereocenters. The summed E-state index contributed by atoms with van der Waals surface area (Å²) in [6, 6.07) is 0. The van der Waals surface area contributed by atoms with E-state index in [1.807, 2.05) is 34.6 Å². The van der Waals surface area contributed by atoms with E-state index in [0.717, 1.165) is 10.4 Å². The van der Waals surface area contributed by atoms with Crippen molar-refractivity contribution >= 4 is 28.2 Å². The number of esters is 1. The van der Waals surface area contributed by atoms with Gasteiger partial charge in [0, 0.05) is 17.2 Å². The molecule has 0 fully saturated rings. The summed E-state index contributed by atoms with van der Waals surface area (Å²) >= 11 is 1.36. The van der Waals surface area contributed by atoms with Crippen molar-refractivity contribution in [3.05, 3.63) is 27.8 Å². The molecule has 0 aliphatic carbocycles. The Balaban J connectivity index is 2.19. The average Bonchev–Trinajstić information content (AvgIpc) is 3.00. The summed E-state index contributed by atoms with van der Waals surface area (Å²) in [7, 11) is 0. The van der Waals surface area contributed by atoms with Crippen LogP contribution in [-0.2, 0) is 16.1 Å². The van der Waals surface area contributed by atoms with Crippen LogP contribution < -0.4 is 5.32 Å². The molecular formula is C16H21N3O4S. The van der Waals surface area contributed by atoms with Gasteiger partial charge in [0.1, 0.15) is 5.00 Å². The van der Waals surface area contributed by atoms with Gasteiger partial charge in [-0.1, -0.05) is 20.8 Å². The molecule has 0 radical (unpaired) electrons. The number of amides is 1. The van der Waals surface area contributed by atoms with Gasteiger partial charge in [-0.3, -0.25) is 4.79 Å². The number of aryl methyl sites for hydroxylation is 2. The third kappa shape index (κ3) is 4.00. The molecule has 0 aliphatic heterocycles. The van der Waals surface area contributed by atoms with Crippen molar-refractivity contribution in [1.29, 1.82) is 0 Å². The van der Waals surface area contributed by atoms with Crippen LogP contribution in [0.3, 0.4) is 0 Å². The van der Waals surface area contributed by atoms with Gasteiger partial charge in [0.2, 0.25) is 11.8 Å². The number of ether oxygens (including phenoxy) is 1. The molecule has 0 bridgehead atoms. The van der Waals surface area contributed by atoms with Crippen molar-refractivity contribution in [2.24, 2.45) is 5.41 Å². The monoisotopic (exact) mass is 351 g/mol. The quantitative estimate of drug-likeness (QED) is 0.849. The van der Waals surface area contributed by atoms with Crippen LogP contribution in [0, 0.1) is 26.2 Å². The average molecular weight is 351 g/mol. The molecule has 2 aromatic rings. The smallest absolute Gasteiger partial charge is 0.341 e. The first kappa shape index (κ1) is 18.1. The zero-order valence-electron chi connectivity index (χ0n) is 14.6. The molecule has 7 nitrogen and oxygen atoms in total. The SMILES string of the molecule is Cc1nnc(COC(=O)c2c(NC(=O)C(C)(C)C)sc(C)c2C)o1. The fourth-order valence-corrected chi connectivity index (χ4v) is 2.89. The molecule has 0 saturated carbocycles. The topological polar surface area (TPSA) is 94.3 Å². The van der Waals surface area contributed by atoms with E-state index in [9.17, 15) is 9.59 Å². The summed E-state index contributed by atoms with van der Waals surface area (Å²) < 4.78 is 10.4. The van der Waals surface area contributed by atoms with Gasteiger partial charge < -0.3 is 14.5 Å². The molecule has 0 aromatic carbocycles. The van der Waals surface area contributed by atoms with Gasteiger partial charge in [-0.2, -0.15) is 0 Å². The van der Waals surface area contributed by atoms with Crippen LogP contribution in [-0.4, -0.2) is 22.1 Å². The second-order valence-corrected chi connectivity index (χ2v) is 7.71. The highest BCUT2D eigenvalue weighted by molar-refractivity contribution is 7.16. The standard InChI is InChI=1S/C16H21N3O4S/c1-8-9(2)24-13(17-15(21)16(4,5)6)12(8)14(20)22-7-11-19-18-10(3)23-11/h7H2,1-6H3,(H,17,21). The highest BCUT2D eigenvalue weighted by Crippen LogP contribution is 2.34. The summed E-state index contributed by atoms with van der Waals surface area (Å²) in [5.74, 6) is -0.0605. The third-order valence-electron chi connectivity index (χ3n) is 3.39. The molecule has 2 heterocycles. The van der Waals surface area contributed by atoms with E-state index >= 15 is 0 Å². The predicted octanol–water partition coefficient (Wildman–Crippen LogP) is 3.40. The molecule has 8 heteroatoms. The Morgan fingerprint density at radius 2 is 1.88 bits per heavy atom. The zero-order chi connectivity index (χ0) is 18.1. The van der Waals surface area contributed by atoms with Crippen LogP contribution in [0.15, 0.2) is 4.42 Å². The predicted molar refractivity (Wildman–Crippen MR) is 90.0 cm³/mol. The first-order valence-electron chi connectivity index (χ1n) is 7.47. The maximum atomic E-state index is 12.5. The highest BCUT2D eigenvalue weighted by atomic mass is 32.1. The molecule has 0 aliphatic rings. The zero-order valence-corrected chi connectivity index (χ0v) is 15.5. The Hall–Kier alpha value is -2.22. The van der Waals surface area contributed by atoms with E-state index in [1.54, 1.807) is 6.92 Å². The van der Waals surface area contributed by atoms with Gasteiger partial charge in [-0.25, -0.2) is 4.79 Å². The molecule has 1 N–H and O–H groups in total. The Kier molecular flexibility index (Phi) is 5.08. The van der Waals surface area contributed by atoms with E-state index in [1.165, 1.54) is 11.3 Å². The number of carbonyl (C=O) groups is 2. The van der Waals surface area contributed by atoms with Crippen LogP contribution in [0.25, 0.3) is 0 Å². The van der Waals surface area contributed by atoms with Crippen molar-refractivity contribution < 1.29 is 18.7 Å². The van der Waals surface area contributed by atoms with Crippen molar-refractivity contribution in [3.8, 4) is 0 Å². The Morgan fingerprint density at radius 1 is 1.21 bits per heavy atom. The van der Waals surface area contributed by atoms with Crippen molar-refractivity contribution in [2.75, 3.05) is 5.32 Å².